The standard InChI is InChI=1S/C16H22N4O.HI/c1-4-9-18-16(17-2)20-12-10-19(11-13-20)14-5-7-15(21-3)8-6-14;/h1,5-8H,9-13H2,2-3H3,(H,17,18);1H. The molecule has 0 saturated carbocycles. The van der Waals surface area contributed by atoms with Crippen LogP contribution >= 0.6 is 24.0 Å². The van der Waals surface area contributed by atoms with Crippen molar-refractivity contribution in [3.63, 3.8) is 0 Å². The van der Waals surface area contributed by atoms with Gasteiger partial charge in [0, 0.05) is 38.9 Å². The van der Waals surface area contributed by atoms with Gasteiger partial charge in [-0.3, -0.25) is 4.99 Å². The fraction of sp³-hybridized carbons (Fsp3) is 0.438. The van der Waals surface area contributed by atoms with Gasteiger partial charge in [0.1, 0.15) is 5.75 Å². The number of methoxy groups -OCH3 is 1. The van der Waals surface area contributed by atoms with E-state index < -0.39 is 0 Å². The average Bonchev–Trinajstić information content (AvgIpc) is 2.56. The highest BCUT2D eigenvalue weighted by molar-refractivity contribution is 14.0. The van der Waals surface area contributed by atoms with Crippen LogP contribution in [0.3, 0.4) is 0 Å². The van der Waals surface area contributed by atoms with Crippen molar-refractivity contribution < 1.29 is 4.74 Å². The number of anilines is 1. The summed E-state index contributed by atoms with van der Waals surface area (Å²) in [5.74, 6) is 4.34. The molecule has 22 heavy (non-hydrogen) atoms. The average molecular weight is 414 g/mol. The van der Waals surface area contributed by atoms with E-state index in [2.05, 4.69) is 38.2 Å². The van der Waals surface area contributed by atoms with Gasteiger partial charge in [-0.15, -0.1) is 30.4 Å². The molecule has 0 amide bonds. The van der Waals surface area contributed by atoms with Crippen molar-refractivity contribution in [2.45, 2.75) is 0 Å². The minimum Gasteiger partial charge on any atom is -0.497 e. The number of terminal acetylenes is 1. The summed E-state index contributed by atoms with van der Waals surface area (Å²) >= 11 is 0. The van der Waals surface area contributed by atoms with Crippen LogP contribution in [-0.2, 0) is 0 Å². The maximum absolute atomic E-state index is 5.28. The van der Waals surface area contributed by atoms with E-state index in [9.17, 15) is 0 Å². The topological polar surface area (TPSA) is 40.1 Å². The van der Waals surface area contributed by atoms with Gasteiger partial charge in [0.2, 0.25) is 0 Å². The van der Waals surface area contributed by atoms with Crippen LogP contribution in [0.5, 0.6) is 5.75 Å². The summed E-state index contributed by atoms with van der Waals surface area (Å²) < 4.78 is 5.19. The van der Waals surface area contributed by atoms with E-state index >= 15 is 0 Å². The number of benzene rings is 1. The lowest BCUT2D eigenvalue weighted by Crippen LogP contribution is -2.52. The molecule has 0 bridgehead atoms. The van der Waals surface area contributed by atoms with Crippen molar-refractivity contribution in [3.05, 3.63) is 24.3 Å². The number of guanidine groups is 1. The van der Waals surface area contributed by atoms with Gasteiger partial charge in [0.05, 0.1) is 13.7 Å². The summed E-state index contributed by atoms with van der Waals surface area (Å²) in [7, 11) is 3.47. The van der Waals surface area contributed by atoms with Gasteiger partial charge in [-0.05, 0) is 24.3 Å². The van der Waals surface area contributed by atoms with E-state index in [4.69, 9.17) is 11.2 Å². The highest BCUT2D eigenvalue weighted by atomic mass is 127. The minimum atomic E-state index is 0. The molecule has 1 saturated heterocycles. The summed E-state index contributed by atoms with van der Waals surface area (Å²) in [4.78, 5) is 8.87. The summed E-state index contributed by atoms with van der Waals surface area (Å²) in [6.45, 7) is 4.28. The summed E-state index contributed by atoms with van der Waals surface area (Å²) in [5, 5.41) is 3.16. The van der Waals surface area contributed by atoms with Crippen molar-refractivity contribution in [3.8, 4) is 18.1 Å². The van der Waals surface area contributed by atoms with Gasteiger partial charge < -0.3 is 19.9 Å². The maximum Gasteiger partial charge on any atom is 0.194 e. The molecule has 6 heteroatoms. The second kappa shape index (κ2) is 9.41. The predicted molar refractivity (Wildman–Crippen MR) is 102 cm³/mol. The first kappa shape index (κ1) is 18.4. The molecule has 0 aliphatic carbocycles. The number of nitrogens with zero attached hydrogens (tertiary/aromatic N) is 3. The molecule has 0 radical (unpaired) electrons. The predicted octanol–water partition coefficient (Wildman–Crippen LogP) is 1.64. The Labute approximate surface area is 149 Å². The van der Waals surface area contributed by atoms with E-state index in [1.807, 2.05) is 12.1 Å². The fourth-order valence-electron chi connectivity index (χ4n) is 2.43. The number of hydrogen-bond acceptors (Lipinski definition) is 3. The second-order valence-corrected chi connectivity index (χ2v) is 4.78. The minimum absolute atomic E-state index is 0. The van der Waals surface area contributed by atoms with Crippen LogP contribution in [-0.4, -0.2) is 57.7 Å². The zero-order chi connectivity index (χ0) is 15.1. The van der Waals surface area contributed by atoms with Crippen molar-refractivity contribution >= 4 is 35.6 Å². The highest BCUT2D eigenvalue weighted by Gasteiger charge is 2.19. The molecule has 1 aliphatic heterocycles. The van der Waals surface area contributed by atoms with Crippen LogP contribution in [0.25, 0.3) is 0 Å². The molecule has 5 nitrogen and oxygen atoms in total. The number of rotatable bonds is 3. The molecule has 0 unspecified atom stereocenters. The Hall–Kier alpha value is -1.62. The first-order valence-electron chi connectivity index (χ1n) is 7.06. The van der Waals surface area contributed by atoms with Gasteiger partial charge in [0.25, 0.3) is 0 Å². The Kier molecular flexibility index (Phi) is 7.88. The monoisotopic (exact) mass is 414 g/mol. The van der Waals surface area contributed by atoms with Gasteiger partial charge in [-0.1, -0.05) is 5.92 Å². The smallest absolute Gasteiger partial charge is 0.194 e. The second-order valence-electron chi connectivity index (χ2n) is 4.78. The van der Waals surface area contributed by atoms with Crippen LogP contribution in [0.15, 0.2) is 29.3 Å². The summed E-state index contributed by atoms with van der Waals surface area (Å²) in [6, 6.07) is 8.18. The molecular formula is C16H23IN4O. The highest BCUT2D eigenvalue weighted by Crippen LogP contribution is 2.20. The Morgan fingerprint density at radius 3 is 2.41 bits per heavy atom. The zero-order valence-electron chi connectivity index (χ0n) is 13.1. The SMILES string of the molecule is C#CCNC(=NC)N1CCN(c2ccc(OC)cc2)CC1.I. The van der Waals surface area contributed by atoms with E-state index in [0.29, 0.717) is 6.54 Å². The summed E-state index contributed by atoms with van der Waals surface area (Å²) in [6.07, 6.45) is 5.28. The Morgan fingerprint density at radius 2 is 1.91 bits per heavy atom. The molecule has 1 N–H and O–H groups in total. The quantitative estimate of drug-likeness (QED) is 0.354. The largest absolute Gasteiger partial charge is 0.497 e. The third-order valence-corrected chi connectivity index (χ3v) is 3.58. The molecule has 1 heterocycles. The van der Waals surface area contributed by atoms with Crippen LogP contribution < -0.4 is 15.0 Å². The Bertz CT molecular complexity index is 516. The number of piperazine rings is 1. The first-order valence-corrected chi connectivity index (χ1v) is 7.06. The lowest BCUT2D eigenvalue weighted by atomic mass is 10.2. The Balaban J connectivity index is 0.00000242. The van der Waals surface area contributed by atoms with E-state index in [1.165, 1.54) is 5.69 Å². The fourth-order valence-corrected chi connectivity index (χ4v) is 2.43. The molecular weight excluding hydrogens is 391 g/mol. The molecule has 1 fully saturated rings. The Morgan fingerprint density at radius 1 is 1.27 bits per heavy atom. The van der Waals surface area contributed by atoms with Gasteiger partial charge in [0.15, 0.2) is 5.96 Å². The molecule has 1 aliphatic rings. The lowest BCUT2D eigenvalue weighted by molar-refractivity contribution is 0.374. The van der Waals surface area contributed by atoms with Gasteiger partial charge in [-0.2, -0.15) is 0 Å². The van der Waals surface area contributed by atoms with Crippen molar-refractivity contribution in [2.24, 2.45) is 4.99 Å². The number of aliphatic imine (C=N–C) groups is 1. The maximum atomic E-state index is 5.28. The number of hydrogen-bond donors (Lipinski definition) is 1. The van der Waals surface area contributed by atoms with Crippen molar-refractivity contribution in [1.82, 2.24) is 10.2 Å². The van der Waals surface area contributed by atoms with Crippen LogP contribution in [0.1, 0.15) is 0 Å². The first-order chi connectivity index (χ1) is 10.3. The van der Waals surface area contributed by atoms with Crippen LogP contribution in [0.4, 0.5) is 5.69 Å². The molecule has 0 atom stereocenters. The van der Waals surface area contributed by atoms with Crippen molar-refractivity contribution in [2.75, 3.05) is 51.8 Å². The normalized spacial score (nSPS) is 14.9. The molecule has 120 valence electrons. The van der Waals surface area contributed by atoms with E-state index in [1.54, 1.807) is 14.2 Å². The van der Waals surface area contributed by atoms with E-state index in [0.717, 1.165) is 37.9 Å². The third-order valence-electron chi connectivity index (χ3n) is 3.58. The molecule has 2 rings (SSSR count). The number of ether oxygens (including phenoxy) is 1. The third kappa shape index (κ3) is 4.70. The van der Waals surface area contributed by atoms with Gasteiger partial charge in [-0.25, -0.2) is 0 Å². The summed E-state index contributed by atoms with van der Waals surface area (Å²) in [5.41, 5.74) is 1.22. The van der Waals surface area contributed by atoms with Crippen LogP contribution in [0.2, 0.25) is 0 Å². The number of nitrogens with one attached hydrogen (secondary N) is 1. The molecule has 0 aromatic heterocycles. The molecule has 1 aromatic carbocycles. The lowest BCUT2D eigenvalue weighted by Gasteiger charge is -2.37. The molecule has 0 spiro atoms. The molecule has 1 aromatic rings. The van der Waals surface area contributed by atoms with Crippen molar-refractivity contribution in [1.29, 1.82) is 0 Å². The number of halogens is 1. The zero-order valence-corrected chi connectivity index (χ0v) is 15.4. The van der Waals surface area contributed by atoms with E-state index in [-0.39, 0.29) is 24.0 Å². The van der Waals surface area contributed by atoms with Gasteiger partial charge >= 0.3 is 0 Å². The van der Waals surface area contributed by atoms with Crippen LogP contribution in [0, 0.1) is 12.3 Å².